The Morgan fingerprint density at radius 1 is 0.958 bits per heavy atom. The molecule has 1 aliphatic rings. The van der Waals surface area contributed by atoms with Crippen LogP contribution in [0.4, 0.5) is 0 Å². The topological polar surface area (TPSA) is 61.8 Å². The summed E-state index contributed by atoms with van der Waals surface area (Å²) in [5.41, 5.74) is -0.579. The fourth-order valence-electron chi connectivity index (χ4n) is 3.14. The summed E-state index contributed by atoms with van der Waals surface area (Å²) in [5.74, 6) is -0.717. The van der Waals surface area contributed by atoms with Gasteiger partial charge in [0.25, 0.3) is 0 Å². The molecule has 24 heavy (non-hydrogen) atoms. The average molecular weight is 342 g/mol. The van der Waals surface area contributed by atoms with Crippen molar-refractivity contribution < 1.29 is 23.8 Å². The van der Waals surface area contributed by atoms with Crippen molar-refractivity contribution in [2.75, 3.05) is 13.2 Å². The van der Waals surface area contributed by atoms with Gasteiger partial charge in [-0.3, -0.25) is 9.59 Å². The first-order valence-electron chi connectivity index (χ1n) is 9.50. The first-order valence-corrected chi connectivity index (χ1v) is 9.50. The third-order valence-corrected chi connectivity index (χ3v) is 4.61. The number of hydrogen-bond donors (Lipinski definition) is 0. The first kappa shape index (κ1) is 21.1. The van der Waals surface area contributed by atoms with Gasteiger partial charge in [-0.25, -0.2) is 0 Å². The second-order valence-electron chi connectivity index (χ2n) is 6.85. The predicted octanol–water partition coefficient (Wildman–Crippen LogP) is 4.38. The van der Waals surface area contributed by atoms with Crippen molar-refractivity contribution in [2.24, 2.45) is 5.41 Å². The Balaban J connectivity index is 1.97. The van der Waals surface area contributed by atoms with E-state index in [0.29, 0.717) is 13.2 Å². The Kier molecular flexibility index (Phi) is 10.2. The lowest BCUT2D eigenvalue weighted by Crippen LogP contribution is -2.22. The molecular weight excluding hydrogens is 308 g/mol. The normalized spacial score (nSPS) is 20.8. The molecule has 0 bridgehead atoms. The Hall–Kier alpha value is -0.940. The van der Waals surface area contributed by atoms with Crippen molar-refractivity contribution in [1.82, 2.24) is 0 Å². The van der Waals surface area contributed by atoms with Gasteiger partial charge in [0.05, 0.1) is 11.8 Å². The molecule has 0 aromatic carbocycles. The van der Waals surface area contributed by atoms with E-state index in [4.69, 9.17) is 9.47 Å². The maximum atomic E-state index is 11.6. The van der Waals surface area contributed by atoms with Crippen LogP contribution in [0.3, 0.4) is 0 Å². The van der Waals surface area contributed by atoms with Gasteiger partial charge in [0, 0.05) is 13.2 Å². The Bertz CT molecular complexity index is 376. The van der Waals surface area contributed by atoms with Crippen LogP contribution in [0, 0.1) is 5.41 Å². The standard InChI is InChI=1S/C19H34O5/c1-4-22-17(23-5-2)13-11-9-7-6-8-10-12-14-19(3)15-16(20)24-18(19)21/h17H,4-15H2,1-3H3. The molecule has 0 saturated carbocycles. The molecule has 0 aromatic rings. The van der Waals surface area contributed by atoms with Crippen LogP contribution in [0.25, 0.3) is 0 Å². The molecule has 1 fully saturated rings. The van der Waals surface area contributed by atoms with Crippen LogP contribution in [-0.4, -0.2) is 31.4 Å². The molecule has 1 heterocycles. The van der Waals surface area contributed by atoms with Gasteiger partial charge in [0.15, 0.2) is 6.29 Å². The summed E-state index contributed by atoms with van der Waals surface area (Å²) in [6.45, 7) is 7.22. The molecule has 1 aliphatic heterocycles. The van der Waals surface area contributed by atoms with Gasteiger partial charge < -0.3 is 14.2 Å². The summed E-state index contributed by atoms with van der Waals surface area (Å²) in [6.07, 6.45) is 9.97. The number of rotatable bonds is 14. The van der Waals surface area contributed by atoms with E-state index in [9.17, 15) is 9.59 Å². The number of carbonyl (C=O) groups is 2. The van der Waals surface area contributed by atoms with Crippen LogP contribution in [-0.2, 0) is 23.8 Å². The van der Waals surface area contributed by atoms with Crippen LogP contribution < -0.4 is 0 Å². The summed E-state index contributed by atoms with van der Waals surface area (Å²) >= 11 is 0. The van der Waals surface area contributed by atoms with E-state index in [1.807, 2.05) is 20.8 Å². The molecule has 1 unspecified atom stereocenters. The highest BCUT2D eigenvalue weighted by Crippen LogP contribution is 2.35. The fraction of sp³-hybridized carbons (Fsp3) is 0.895. The smallest absolute Gasteiger partial charge is 0.320 e. The maximum Gasteiger partial charge on any atom is 0.320 e. The molecule has 0 spiro atoms. The van der Waals surface area contributed by atoms with Crippen molar-refractivity contribution in [1.29, 1.82) is 0 Å². The molecule has 5 heteroatoms. The molecule has 140 valence electrons. The third-order valence-electron chi connectivity index (χ3n) is 4.61. The van der Waals surface area contributed by atoms with Gasteiger partial charge in [0.2, 0.25) is 0 Å². The van der Waals surface area contributed by atoms with Crippen molar-refractivity contribution >= 4 is 11.9 Å². The molecule has 0 aliphatic carbocycles. The SMILES string of the molecule is CCOC(CCCCCCCCCC1(C)CC(=O)OC1=O)OCC. The maximum absolute atomic E-state index is 11.6. The van der Waals surface area contributed by atoms with Gasteiger partial charge in [-0.15, -0.1) is 0 Å². The number of carbonyl (C=O) groups excluding carboxylic acids is 2. The Morgan fingerprint density at radius 2 is 1.50 bits per heavy atom. The lowest BCUT2D eigenvalue weighted by atomic mass is 9.83. The Labute approximate surface area is 146 Å². The Morgan fingerprint density at radius 3 is 2.00 bits per heavy atom. The molecule has 0 amide bonds. The quantitative estimate of drug-likeness (QED) is 0.203. The van der Waals surface area contributed by atoms with Crippen LogP contribution >= 0.6 is 0 Å². The summed E-state index contributed by atoms with van der Waals surface area (Å²) in [5, 5.41) is 0. The van der Waals surface area contributed by atoms with Gasteiger partial charge >= 0.3 is 11.9 Å². The minimum atomic E-state index is -0.579. The summed E-state index contributed by atoms with van der Waals surface area (Å²) in [7, 11) is 0. The molecule has 0 N–H and O–H groups in total. The number of ether oxygens (including phenoxy) is 3. The van der Waals surface area contributed by atoms with Crippen LogP contribution in [0.1, 0.15) is 85.0 Å². The summed E-state index contributed by atoms with van der Waals surface area (Å²) < 4.78 is 15.7. The van der Waals surface area contributed by atoms with E-state index in [2.05, 4.69) is 4.74 Å². The zero-order valence-electron chi connectivity index (χ0n) is 15.6. The molecule has 0 radical (unpaired) electrons. The van der Waals surface area contributed by atoms with E-state index < -0.39 is 5.41 Å². The largest absolute Gasteiger partial charge is 0.393 e. The highest BCUT2D eigenvalue weighted by Gasteiger charge is 2.44. The van der Waals surface area contributed by atoms with E-state index >= 15 is 0 Å². The zero-order valence-corrected chi connectivity index (χ0v) is 15.6. The second-order valence-corrected chi connectivity index (χ2v) is 6.85. The third kappa shape index (κ3) is 7.75. The van der Waals surface area contributed by atoms with E-state index in [-0.39, 0.29) is 24.6 Å². The molecule has 0 aromatic heterocycles. The highest BCUT2D eigenvalue weighted by molar-refractivity contribution is 5.97. The molecular formula is C19H34O5. The molecule has 1 saturated heterocycles. The number of cyclic esters (lactones) is 2. The van der Waals surface area contributed by atoms with Crippen molar-refractivity contribution in [3.05, 3.63) is 0 Å². The number of esters is 2. The first-order chi connectivity index (χ1) is 11.5. The van der Waals surface area contributed by atoms with Crippen molar-refractivity contribution in [2.45, 2.75) is 91.3 Å². The van der Waals surface area contributed by atoms with Crippen molar-refractivity contribution in [3.63, 3.8) is 0 Å². The zero-order chi connectivity index (χ0) is 17.8. The molecule has 1 rings (SSSR count). The van der Waals surface area contributed by atoms with Crippen LogP contribution in [0.2, 0.25) is 0 Å². The second kappa shape index (κ2) is 11.6. The highest BCUT2D eigenvalue weighted by atomic mass is 16.7. The summed E-state index contributed by atoms with van der Waals surface area (Å²) in [4.78, 5) is 22.8. The van der Waals surface area contributed by atoms with E-state index in [1.165, 1.54) is 25.7 Å². The minimum absolute atomic E-state index is 0.0466. The van der Waals surface area contributed by atoms with E-state index in [1.54, 1.807) is 0 Å². The van der Waals surface area contributed by atoms with Crippen LogP contribution in [0.15, 0.2) is 0 Å². The molecule has 1 atom stereocenters. The van der Waals surface area contributed by atoms with Gasteiger partial charge in [-0.2, -0.15) is 0 Å². The predicted molar refractivity (Wildman–Crippen MR) is 92.4 cm³/mol. The molecule has 5 nitrogen and oxygen atoms in total. The van der Waals surface area contributed by atoms with Crippen LogP contribution in [0.5, 0.6) is 0 Å². The van der Waals surface area contributed by atoms with Gasteiger partial charge in [0.1, 0.15) is 0 Å². The van der Waals surface area contributed by atoms with Gasteiger partial charge in [-0.1, -0.05) is 38.5 Å². The number of hydrogen-bond acceptors (Lipinski definition) is 5. The lowest BCUT2D eigenvalue weighted by Gasteiger charge is -2.17. The minimum Gasteiger partial charge on any atom is -0.393 e. The fourth-order valence-corrected chi connectivity index (χ4v) is 3.14. The summed E-state index contributed by atoms with van der Waals surface area (Å²) in [6, 6.07) is 0. The lowest BCUT2D eigenvalue weighted by molar-refractivity contribution is -0.155. The monoisotopic (exact) mass is 342 g/mol. The average Bonchev–Trinajstić information content (AvgIpc) is 2.78. The van der Waals surface area contributed by atoms with Gasteiger partial charge in [-0.05, 0) is 40.0 Å². The number of unbranched alkanes of at least 4 members (excludes halogenated alkanes) is 6. The van der Waals surface area contributed by atoms with Crippen molar-refractivity contribution in [3.8, 4) is 0 Å². The van der Waals surface area contributed by atoms with E-state index in [0.717, 1.165) is 32.1 Å².